The van der Waals surface area contributed by atoms with Crippen molar-refractivity contribution in [2.24, 2.45) is 0 Å². The third kappa shape index (κ3) is 8.49. The van der Waals surface area contributed by atoms with Crippen molar-refractivity contribution in [1.82, 2.24) is 30.2 Å². The van der Waals surface area contributed by atoms with E-state index in [9.17, 15) is 14.9 Å². The Hall–Kier alpha value is -4.52. The van der Waals surface area contributed by atoms with Crippen molar-refractivity contribution in [2.75, 3.05) is 13.2 Å². The van der Waals surface area contributed by atoms with Gasteiger partial charge in [0, 0.05) is 18.5 Å². The number of aromatic amines is 1. The number of imidazole rings is 1. The summed E-state index contributed by atoms with van der Waals surface area (Å²) in [6.45, 7) is 2.65. The molecule has 0 saturated carbocycles. The third-order valence-corrected chi connectivity index (χ3v) is 6.81. The van der Waals surface area contributed by atoms with Gasteiger partial charge in [0.2, 0.25) is 5.82 Å². The molecule has 0 atom stereocenters. The first-order valence-electron chi connectivity index (χ1n) is 13.7. The molecule has 0 aliphatic heterocycles. The SMILES string of the molecule is CCCCc1nc(Cl)c(COC(=O)OCCCCCO[N+](=O)[O-])n1Cc1ccc(-c2ccccc2-c2nn[nH]n2)cc1. The van der Waals surface area contributed by atoms with Crippen LogP contribution in [0, 0.1) is 10.1 Å². The molecule has 13 nitrogen and oxygen atoms in total. The molecular formula is C28H32ClN7O6. The highest BCUT2D eigenvalue weighted by Crippen LogP contribution is 2.30. The quantitative estimate of drug-likeness (QED) is 0.0722. The average molecular weight is 598 g/mol. The number of halogens is 1. The van der Waals surface area contributed by atoms with Gasteiger partial charge in [0.05, 0.1) is 18.9 Å². The number of H-pyrrole nitrogens is 1. The van der Waals surface area contributed by atoms with Crippen molar-refractivity contribution >= 4 is 17.8 Å². The number of nitrogens with zero attached hydrogens (tertiary/aromatic N) is 6. The van der Waals surface area contributed by atoms with Crippen molar-refractivity contribution in [2.45, 2.75) is 58.6 Å². The minimum absolute atomic E-state index is 0.0105. The Balaban J connectivity index is 1.40. The Morgan fingerprint density at radius 3 is 2.50 bits per heavy atom. The molecule has 0 amide bonds. The van der Waals surface area contributed by atoms with E-state index in [0.717, 1.165) is 47.3 Å². The second-order valence-electron chi connectivity index (χ2n) is 9.44. The fourth-order valence-electron chi connectivity index (χ4n) is 4.38. The van der Waals surface area contributed by atoms with E-state index >= 15 is 0 Å². The van der Waals surface area contributed by atoms with Crippen LogP contribution in [0.25, 0.3) is 22.5 Å². The van der Waals surface area contributed by atoms with E-state index in [1.807, 2.05) is 53.1 Å². The van der Waals surface area contributed by atoms with E-state index in [-0.39, 0.29) is 25.0 Å². The molecule has 0 spiro atoms. The van der Waals surface area contributed by atoms with Crippen LogP contribution in [0.4, 0.5) is 4.79 Å². The van der Waals surface area contributed by atoms with Gasteiger partial charge in [-0.2, -0.15) is 5.21 Å². The van der Waals surface area contributed by atoms with Crippen LogP contribution in [0.2, 0.25) is 5.15 Å². The molecule has 42 heavy (non-hydrogen) atoms. The molecule has 0 bridgehead atoms. The van der Waals surface area contributed by atoms with Crippen molar-refractivity contribution in [1.29, 1.82) is 0 Å². The normalized spacial score (nSPS) is 10.9. The predicted molar refractivity (Wildman–Crippen MR) is 153 cm³/mol. The number of nitrogens with one attached hydrogen (secondary N) is 1. The van der Waals surface area contributed by atoms with Crippen molar-refractivity contribution in [3.63, 3.8) is 0 Å². The number of tetrazole rings is 1. The topological polar surface area (TPSA) is 160 Å². The van der Waals surface area contributed by atoms with Crippen LogP contribution < -0.4 is 0 Å². The molecule has 0 aliphatic carbocycles. The smallest absolute Gasteiger partial charge is 0.434 e. The van der Waals surface area contributed by atoms with Crippen LogP contribution in [0.5, 0.6) is 0 Å². The van der Waals surface area contributed by atoms with E-state index in [1.165, 1.54) is 0 Å². The van der Waals surface area contributed by atoms with Crippen molar-refractivity contribution in [3.8, 4) is 22.5 Å². The lowest BCUT2D eigenvalue weighted by atomic mass is 9.98. The molecule has 2 heterocycles. The van der Waals surface area contributed by atoms with Crippen molar-refractivity contribution in [3.05, 3.63) is 80.9 Å². The second-order valence-corrected chi connectivity index (χ2v) is 9.80. The van der Waals surface area contributed by atoms with Gasteiger partial charge in [-0.1, -0.05) is 73.5 Å². The highest BCUT2D eigenvalue weighted by Gasteiger charge is 2.19. The van der Waals surface area contributed by atoms with E-state index in [1.54, 1.807) is 0 Å². The lowest BCUT2D eigenvalue weighted by Crippen LogP contribution is -2.13. The van der Waals surface area contributed by atoms with E-state index in [4.69, 9.17) is 21.1 Å². The zero-order valence-electron chi connectivity index (χ0n) is 23.2. The number of ether oxygens (including phenoxy) is 2. The number of carbonyl (C=O) groups excluding carboxylic acids is 1. The first kappa shape index (κ1) is 30.4. The molecule has 0 unspecified atom stereocenters. The maximum Gasteiger partial charge on any atom is 0.508 e. The first-order valence-corrected chi connectivity index (χ1v) is 14.1. The van der Waals surface area contributed by atoms with Crippen LogP contribution in [-0.2, 0) is 33.9 Å². The second kappa shape index (κ2) is 15.5. The van der Waals surface area contributed by atoms with Gasteiger partial charge in [0.25, 0.3) is 5.09 Å². The summed E-state index contributed by atoms with van der Waals surface area (Å²) in [6.07, 6.45) is 3.48. The fraction of sp³-hybridized carbons (Fsp3) is 0.393. The maximum atomic E-state index is 12.2. The Morgan fingerprint density at radius 1 is 1.02 bits per heavy atom. The lowest BCUT2D eigenvalue weighted by Gasteiger charge is -2.14. The molecule has 14 heteroatoms. The molecule has 0 fully saturated rings. The molecule has 1 N–H and O–H groups in total. The number of carbonyl (C=O) groups is 1. The molecular weight excluding hydrogens is 566 g/mol. The Kier molecular flexibility index (Phi) is 11.2. The molecule has 0 aliphatic rings. The molecule has 4 aromatic rings. The van der Waals surface area contributed by atoms with Gasteiger partial charge in [0.1, 0.15) is 12.4 Å². The Morgan fingerprint density at radius 2 is 1.79 bits per heavy atom. The summed E-state index contributed by atoms with van der Waals surface area (Å²) in [6, 6.07) is 16.0. The number of rotatable bonds is 16. The van der Waals surface area contributed by atoms with Crippen LogP contribution in [0.3, 0.4) is 0 Å². The summed E-state index contributed by atoms with van der Waals surface area (Å²) >= 11 is 6.50. The van der Waals surface area contributed by atoms with E-state index in [0.29, 0.717) is 37.3 Å². The van der Waals surface area contributed by atoms with Crippen LogP contribution in [0.1, 0.15) is 56.1 Å². The summed E-state index contributed by atoms with van der Waals surface area (Å²) in [5.74, 6) is 1.34. The highest BCUT2D eigenvalue weighted by molar-refractivity contribution is 6.30. The van der Waals surface area contributed by atoms with Crippen LogP contribution in [-0.4, -0.2) is 54.6 Å². The van der Waals surface area contributed by atoms with Gasteiger partial charge < -0.3 is 18.9 Å². The average Bonchev–Trinajstić information content (AvgIpc) is 3.63. The molecule has 0 saturated heterocycles. The van der Waals surface area contributed by atoms with Gasteiger partial charge in [-0.3, -0.25) is 0 Å². The number of hydrogen-bond acceptors (Lipinski definition) is 10. The molecule has 2 aromatic heterocycles. The standard InChI is InChI=1S/C28H32ClN7O6/c1-2-3-11-25-30-26(29)24(19-41-28(37)40-16-7-4-8-17-42-36(38)39)35(25)18-20-12-14-21(15-13-20)22-9-5-6-10-23(22)27-31-33-34-32-27/h5-6,9-10,12-15H,2-4,7-8,11,16-19H2,1H3,(H,31,32,33,34). The minimum Gasteiger partial charge on any atom is -0.434 e. The summed E-state index contributed by atoms with van der Waals surface area (Å²) in [5.41, 5.74) is 4.47. The largest absolute Gasteiger partial charge is 0.508 e. The number of hydrogen-bond donors (Lipinski definition) is 1. The van der Waals surface area contributed by atoms with Gasteiger partial charge >= 0.3 is 6.16 Å². The first-order chi connectivity index (χ1) is 20.5. The van der Waals surface area contributed by atoms with E-state index < -0.39 is 11.2 Å². The monoisotopic (exact) mass is 597 g/mol. The number of aromatic nitrogens is 6. The van der Waals surface area contributed by atoms with Crippen molar-refractivity contribution < 1.29 is 24.2 Å². The number of aryl methyl sites for hydroxylation is 1. The highest BCUT2D eigenvalue weighted by atomic mass is 35.5. The van der Waals surface area contributed by atoms with Crippen LogP contribution in [0.15, 0.2) is 48.5 Å². The lowest BCUT2D eigenvalue weighted by molar-refractivity contribution is -0.757. The van der Waals surface area contributed by atoms with Gasteiger partial charge in [-0.15, -0.1) is 20.3 Å². The summed E-state index contributed by atoms with van der Waals surface area (Å²) in [5, 5.41) is 24.0. The third-order valence-electron chi connectivity index (χ3n) is 6.51. The molecule has 4 rings (SSSR count). The zero-order chi connectivity index (χ0) is 29.7. The summed E-state index contributed by atoms with van der Waals surface area (Å²) < 4.78 is 12.5. The molecule has 0 radical (unpaired) electrons. The van der Waals surface area contributed by atoms with Gasteiger partial charge in [-0.25, -0.2) is 9.78 Å². The predicted octanol–water partition coefficient (Wildman–Crippen LogP) is 5.81. The van der Waals surface area contributed by atoms with Gasteiger partial charge in [-0.05, 0) is 47.6 Å². The fourth-order valence-corrected chi connectivity index (χ4v) is 4.63. The van der Waals surface area contributed by atoms with Crippen LogP contribution >= 0.6 is 11.6 Å². The van der Waals surface area contributed by atoms with Gasteiger partial charge in [0.15, 0.2) is 5.15 Å². The summed E-state index contributed by atoms with van der Waals surface area (Å²) in [4.78, 5) is 31.2. The number of unbranched alkanes of at least 4 members (excludes halogenated alkanes) is 3. The Bertz CT molecular complexity index is 1440. The molecule has 2 aromatic carbocycles. The summed E-state index contributed by atoms with van der Waals surface area (Å²) in [7, 11) is 0. The zero-order valence-corrected chi connectivity index (χ0v) is 24.0. The van der Waals surface area contributed by atoms with E-state index in [2.05, 4.69) is 37.4 Å². The maximum absolute atomic E-state index is 12.2. The minimum atomic E-state index is -0.828. The Labute approximate surface area is 247 Å². The molecule has 222 valence electrons. The number of benzene rings is 2.